The number of carbonyl (C=O) groups excluding carboxylic acids is 1. The van der Waals surface area contributed by atoms with Crippen LogP contribution in [0.25, 0.3) is 0 Å². The minimum atomic E-state index is -0.243. The zero-order valence-electron chi connectivity index (χ0n) is 13.6. The third-order valence-corrected chi connectivity index (χ3v) is 4.01. The lowest BCUT2D eigenvalue weighted by molar-refractivity contribution is -0.127. The number of carbonyl (C=O) groups is 1. The van der Waals surface area contributed by atoms with E-state index >= 15 is 0 Å². The smallest absolute Gasteiger partial charge is 0.152 e. The molecule has 0 spiro atoms. The van der Waals surface area contributed by atoms with Crippen LogP contribution in [0, 0.1) is 5.41 Å². The van der Waals surface area contributed by atoms with Crippen LogP contribution < -0.4 is 9.64 Å². The lowest BCUT2D eigenvalue weighted by Crippen LogP contribution is -2.49. The average molecular weight is 290 g/mol. The van der Waals surface area contributed by atoms with Gasteiger partial charge < -0.3 is 9.64 Å². The van der Waals surface area contributed by atoms with E-state index in [1.165, 1.54) is 5.69 Å². The summed E-state index contributed by atoms with van der Waals surface area (Å²) in [5.41, 5.74) is 0.977. The van der Waals surface area contributed by atoms with E-state index in [0.29, 0.717) is 12.3 Å². The molecule has 0 atom stereocenters. The van der Waals surface area contributed by atoms with Crippen LogP contribution in [-0.2, 0) is 4.79 Å². The molecule has 0 saturated carbocycles. The van der Waals surface area contributed by atoms with E-state index < -0.39 is 0 Å². The van der Waals surface area contributed by atoms with Gasteiger partial charge in [0.2, 0.25) is 0 Å². The monoisotopic (exact) mass is 290 g/mol. The summed E-state index contributed by atoms with van der Waals surface area (Å²) in [7, 11) is 1.68. The molecule has 2 rings (SSSR count). The van der Waals surface area contributed by atoms with E-state index in [-0.39, 0.29) is 5.41 Å². The van der Waals surface area contributed by atoms with Crippen molar-refractivity contribution < 1.29 is 9.53 Å². The first-order valence-electron chi connectivity index (χ1n) is 7.55. The highest BCUT2D eigenvalue weighted by molar-refractivity contribution is 5.85. The van der Waals surface area contributed by atoms with Gasteiger partial charge in [-0.25, -0.2) is 0 Å². The highest BCUT2D eigenvalue weighted by Gasteiger charge is 2.25. The van der Waals surface area contributed by atoms with Crippen molar-refractivity contribution in [3.8, 4) is 5.75 Å². The normalized spacial score (nSPS) is 16.9. The minimum absolute atomic E-state index is 0.243. The molecule has 0 N–H and O–H groups in total. The van der Waals surface area contributed by atoms with Gasteiger partial charge in [-0.15, -0.1) is 0 Å². The van der Waals surface area contributed by atoms with Gasteiger partial charge in [-0.3, -0.25) is 9.69 Å². The number of hydrogen-bond acceptors (Lipinski definition) is 4. The molecule has 0 aromatic heterocycles. The van der Waals surface area contributed by atoms with Gasteiger partial charge in [0.05, 0.1) is 13.7 Å². The molecular weight excluding hydrogens is 264 g/mol. The zero-order valence-corrected chi connectivity index (χ0v) is 13.6. The molecule has 1 aliphatic heterocycles. The largest absolute Gasteiger partial charge is 0.497 e. The number of rotatable bonds is 4. The number of Topliss-reactive ketones (excluding diaryl/α,β-unsaturated/α-hetero) is 1. The third kappa shape index (κ3) is 4.21. The van der Waals surface area contributed by atoms with Crippen LogP contribution in [0.2, 0.25) is 0 Å². The van der Waals surface area contributed by atoms with Crippen molar-refractivity contribution in [1.29, 1.82) is 0 Å². The molecule has 1 aromatic rings. The van der Waals surface area contributed by atoms with Gasteiger partial charge in [-0.05, 0) is 24.3 Å². The Morgan fingerprint density at radius 3 is 2.14 bits per heavy atom. The quantitative estimate of drug-likeness (QED) is 0.852. The lowest BCUT2D eigenvalue weighted by atomic mass is 9.90. The maximum absolute atomic E-state index is 12.1. The van der Waals surface area contributed by atoms with Crippen molar-refractivity contribution in [2.45, 2.75) is 20.8 Å². The average Bonchev–Trinajstić information content (AvgIpc) is 2.47. The highest BCUT2D eigenvalue weighted by atomic mass is 16.5. The number of ether oxygens (including phenoxy) is 1. The van der Waals surface area contributed by atoms with Crippen molar-refractivity contribution in [3.63, 3.8) is 0 Å². The van der Waals surface area contributed by atoms with E-state index in [4.69, 9.17) is 4.74 Å². The summed E-state index contributed by atoms with van der Waals surface area (Å²) in [4.78, 5) is 16.7. The van der Waals surface area contributed by atoms with E-state index in [2.05, 4.69) is 21.9 Å². The number of piperazine rings is 1. The highest BCUT2D eigenvalue weighted by Crippen LogP contribution is 2.21. The van der Waals surface area contributed by atoms with E-state index in [9.17, 15) is 4.79 Å². The zero-order chi connectivity index (χ0) is 15.5. The fourth-order valence-corrected chi connectivity index (χ4v) is 2.40. The molecule has 21 heavy (non-hydrogen) atoms. The second kappa shape index (κ2) is 6.48. The second-order valence-corrected chi connectivity index (χ2v) is 6.63. The molecule has 0 amide bonds. The Balaban J connectivity index is 1.86. The minimum Gasteiger partial charge on any atom is -0.497 e. The van der Waals surface area contributed by atoms with Gasteiger partial charge in [-0.2, -0.15) is 0 Å². The number of nitrogens with zero attached hydrogens (tertiary/aromatic N) is 2. The van der Waals surface area contributed by atoms with Crippen LogP contribution in [0.15, 0.2) is 24.3 Å². The Bertz CT molecular complexity index is 469. The molecule has 1 fully saturated rings. The Morgan fingerprint density at radius 1 is 1.10 bits per heavy atom. The molecule has 0 aliphatic carbocycles. The summed E-state index contributed by atoms with van der Waals surface area (Å²) in [6.45, 7) is 10.3. The molecule has 116 valence electrons. The standard InChI is InChI=1S/C17H26N2O2/c1-17(2,3)16(20)13-18-9-11-19(12-10-18)14-5-7-15(21-4)8-6-14/h5-8H,9-13H2,1-4H3. The number of methoxy groups -OCH3 is 1. The maximum Gasteiger partial charge on any atom is 0.152 e. The van der Waals surface area contributed by atoms with Gasteiger partial charge in [0.15, 0.2) is 5.78 Å². The summed E-state index contributed by atoms with van der Waals surface area (Å²) in [6.07, 6.45) is 0. The Hall–Kier alpha value is -1.55. The van der Waals surface area contributed by atoms with Crippen LogP contribution in [0.5, 0.6) is 5.75 Å². The number of hydrogen-bond donors (Lipinski definition) is 0. The number of anilines is 1. The summed E-state index contributed by atoms with van der Waals surface area (Å²) in [5, 5.41) is 0. The van der Waals surface area contributed by atoms with Crippen molar-refractivity contribution in [3.05, 3.63) is 24.3 Å². The first-order chi connectivity index (χ1) is 9.90. The first-order valence-corrected chi connectivity index (χ1v) is 7.55. The molecule has 4 nitrogen and oxygen atoms in total. The van der Waals surface area contributed by atoms with Crippen LogP contribution in [0.1, 0.15) is 20.8 Å². The Morgan fingerprint density at radius 2 is 1.67 bits per heavy atom. The van der Waals surface area contributed by atoms with Gasteiger partial charge >= 0.3 is 0 Å². The summed E-state index contributed by atoms with van der Waals surface area (Å²) in [6, 6.07) is 8.17. The van der Waals surface area contributed by atoms with Gasteiger partial charge in [-0.1, -0.05) is 20.8 Å². The van der Waals surface area contributed by atoms with E-state index in [0.717, 1.165) is 31.9 Å². The van der Waals surface area contributed by atoms with Gasteiger partial charge in [0.1, 0.15) is 5.75 Å². The van der Waals surface area contributed by atoms with Crippen molar-refractivity contribution in [1.82, 2.24) is 4.90 Å². The Kier molecular flexibility index (Phi) is 4.88. The molecule has 1 aromatic carbocycles. The van der Waals surface area contributed by atoms with Crippen LogP contribution >= 0.6 is 0 Å². The lowest BCUT2D eigenvalue weighted by Gasteiger charge is -2.36. The molecule has 4 heteroatoms. The van der Waals surface area contributed by atoms with Gasteiger partial charge in [0, 0.05) is 37.3 Å². The Labute approximate surface area is 127 Å². The van der Waals surface area contributed by atoms with Crippen molar-refractivity contribution >= 4 is 11.5 Å². The van der Waals surface area contributed by atoms with Crippen molar-refractivity contribution in [2.24, 2.45) is 5.41 Å². The van der Waals surface area contributed by atoms with E-state index in [1.54, 1.807) is 7.11 Å². The van der Waals surface area contributed by atoms with Crippen LogP contribution in [0.4, 0.5) is 5.69 Å². The molecular formula is C17H26N2O2. The number of ketones is 1. The molecule has 1 saturated heterocycles. The summed E-state index contributed by atoms with van der Waals surface area (Å²) in [5.74, 6) is 1.20. The van der Waals surface area contributed by atoms with Gasteiger partial charge in [0.25, 0.3) is 0 Å². The SMILES string of the molecule is COc1ccc(N2CCN(CC(=O)C(C)(C)C)CC2)cc1. The van der Waals surface area contributed by atoms with Crippen molar-refractivity contribution in [2.75, 3.05) is 44.7 Å². The maximum atomic E-state index is 12.1. The summed E-state index contributed by atoms with van der Waals surface area (Å²) < 4.78 is 5.18. The molecule has 0 radical (unpaired) electrons. The fraction of sp³-hybridized carbons (Fsp3) is 0.588. The van der Waals surface area contributed by atoms with Crippen LogP contribution in [-0.4, -0.2) is 50.5 Å². The van der Waals surface area contributed by atoms with Crippen LogP contribution in [0.3, 0.4) is 0 Å². The molecule has 1 aliphatic rings. The second-order valence-electron chi connectivity index (χ2n) is 6.63. The molecule has 1 heterocycles. The first kappa shape index (κ1) is 15.8. The summed E-state index contributed by atoms with van der Waals surface area (Å²) >= 11 is 0. The number of benzene rings is 1. The predicted octanol–water partition coefficient (Wildman–Crippen LogP) is 2.43. The fourth-order valence-electron chi connectivity index (χ4n) is 2.40. The van der Waals surface area contributed by atoms with E-state index in [1.807, 2.05) is 32.9 Å². The topological polar surface area (TPSA) is 32.8 Å². The predicted molar refractivity (Wildman–Crippen MR) is 86.1 cm³/mol. The third-order valence-electron chi connectivity index (χ3n) is 4.01. The molecule has 0 bridgehead atoms. The molecule has 0 unspecified atom stereocenters.